The van der Waals surface area contributed by atoms with Gasteiger partial charge >= 0.3 is 5.97 Å². The predicted molar refractivity (Wildman–Crippen MR) is 55.7 cm³/mol. The Bertz CT molecular complexity index is 568. The highest BCUT2D eigenvalue weighted by Crippen LogP contribution is 2.29. The van der Waals surface area contributed by atoms with Crippen molar-refractivity contribution in [3.63, 3.8) is 0 Å². The third-order valence-electron chi connectivity index (χ3n) is 2.11. The smallest absolute Gasteiger partial charge is 0.337 e. The summed E-state index contributed by atoms with van der Waals surface area (Å²) in [5, 5.41) is 8.87. The zero-order chi connectivity index (χ0) is 11.9. The molecule has 0 atom stereocenters. The second-order valence-electron chi connectivity index (χ2n) is 3.06. The van der Waals surface area contributed by atoms with E-state index in [0.717, 1.165) is 12.1 Å². The number of nitrogens with zero attached hydrogens (tertiary/aromatic N) is 1. The number of rotatable bonds is 2. The van der Waals surface area contributed by atoms with E-state index >= 15 is 0 Å². The molecular weight excluding hydrogens is 286 g/mol. The molecule has 2 aromatic rings. The first-order valence-corrected chi connectivity index (χ1v) is 4.99. The molecule has 84 valence electrons. The van der Waals surface area contributed by atoms with E-state index in [1.54, 1.807) is 0 Å². The summed E-state index contributed by atoms with van der Waals surface area (Å²) < 4.78 is 25.5. The van der Waals surface area contributed by atoms with Gasteiger partial charge in [-0.25, -0.2) is 18.6 Å². The number of hydrogen-bond acceptors (Lipinski definition) is 2. The second-order valence-corrected chi connectivity index (χ2v) is 3.81. The van der Waals surface area contributed by atoms with Gasteiger partial charge in [0.1, 0.15) is 0 Å². The molecule has 0 aliphatic rings. The number of alkyl halides is 2. The van der Waals surface area contributed by atoms with Crippen molar-refractivity contribution in [2.24, 2.45) is 0 Å². The lowest BCUT2D eigenvalue weighted by Crippen LogP contribution is -1.99. The Morgan fingerprint density at radius 2 is 2.19 bits per heavy atom. The van der Waals surface area contributed by atoms with Gasteiger partial charge in [0, 0.05) is 5.56 Å². The van der Waals surface area contributed by atoms with Gasteiger partial charge in [-0.3, -0.25) is 0 Å². The number of fused-ring (bicyclic) bond motifs is 1. The summed E-state index contributed by atoms with van der Waals surface area (Å²) in [6.07, 6.45) is -2.69. The minimum Gasteiger partial charge on any atom is -0.478 e. The van der Waals surface area contributed by atoms with E-state index in [4.69, 9.17) is 5.11 Å². The fraction of sp³-hybridized carbons (Fsp3) is 0.111. The van der Waals surface area contributed by atoms with Gasteiger partial charge in [-0.1, -0.05) is 6.07 Å². The van der Waals surface area contributed by atoms with Crippen LogP contribution < -0.4 is 0 Å². The number of halogens is 3. The highest BCUT2D eigenvalue weighted by molar-refractivity contribution is 9.10. The maximum atomic E-state index is 12.6. The minimum atomic E-state index is -2.69. The first-order valence-electron chi connectivity index (χ1n) is 4.20. The lowest BCUT2D eigenvalue weighted by Gasteiger charge is -2.02. The number of imidazole rings is 1. The van der Waals surface area contributed by atoms with Crippen molar-refractivity contribution < 1.29 is 18.7 Å². The van der Waals surface area contributed by atoms with Crippen molar-refractivity contribution in [2.75, 3.05) is 0 Å². The Labute approximate surface area is 96.4 Å². The van der Waals surface area contributed by atoms with Gasteiger partial charge in [0.05, 0.1) is 16.6 Å². The van der Waals surface area contributed by atoms with Crippen molar-refractivity contribution in [3.8, 4) is 0 Å². The largest absolute Gasteiger partial charge is 0.478 e. The summed E-state index contributed by atoms with van der Waals surface area (Å²) >= 11 is 2.99. The van der Waals surface area contributed by atoms with Gasteiger partial charge in [0.2, 0.25) is 0 Å². The van der Waals surface area contributed by atoms with Crippen molar-refractivity contribution >= 4 is 32.9 Å². The van der Waals surface area contributed by atoms with Crippen LogP contribution in [0.2, 0.25) is 0 Å². The van der Waals surface area contributed by atoms with Gasteiger partial charge in [0.15, 0.2) is 4.73 Å². The van der Waals surface area contributed by atoms with Crippen LogP contribution in [0.25, 0.3) is 11.0 Å². The number of H-pyrrole nitrogens is 1. The Kier molecular flexibility index (Phi) is 2.63. The number of benzene rings is 1. The molecule has 4 nitrogen and oxygen atoms in total. The van der Waals surface area contributed by atoms with Gasteiger partial charge < -0.3 is 10.1 Å². The van der Waals surface area contributed by atoms with E-state index in [0.29, 0.717) is 0 Å². The molecule has 0 amide bonds. The van der Waals surface area contributed by atoms with Gasteiger partial charge in [-0.15, -0.1) is 0 Å². The van der Waals surface area contributed by atoms with Crippen LogP contribution in [0.15, 0.2) is 16.9 Å². The quantitative estimate of drug-likeness (QED) is 0.894. The van der Waals surface area contributed by atoms with Crippen LogP contribution in [0.1, 0.15) is 22.3 Å². The summed E-state index contributed by atoms with van der Waals surface area (Å²) in [5.41, 5.74) is -0.307. The average Bonchev–Trinajstić information content (AvgIpc) is 2.56. The molecule has 0 radical (unpaired) electrons. The van der Waals surface area contributed by atoms with Crippen LogP contribution in [0.4, 0.5) is 8.78 Å². The van der Waals surface area contributed by atoms with E-state index in [1.807, 2.05) is 0 Å². The molecule has 0 aliphatic heterocycles. The Morgan fingerprint density at radius 1 is 1.50 bits per heavy atom. The number of hydrogen-bond donors (Lipinski definition) is 2. The molecule has 0 fully saturated rings. The number of nitrogens with one attached hydrogen (secondary N) is 1. The van der Waals surface area contributed by atoms with Crippen molar-refractivity contribution in [2.45, 2.75) is 6.43 Å². The number of aromatic carboxylic acids is 1. The maximum Gasteiger partial charge on any atom is 0.337 e. The second kappa shape index (κ2) is 3.82. The van der Waals surface area contributed by atoms with Crippen molar-refractivity contribution in [1.29, 1.82) is 0 Å². The molecule has 0 saturated carbocycles. The molecule has 0 spiro atoms. The highest BCUT2D eigenvalue weighted by Gasteiger charge is 2.19. The fourth-order valence-corrected chi connectivity index (χ4v) is 1.81. The van der Waals surface area contributed by atoms with Gasteiger partial charge in [-0.2, -0.15) is 0 Å². The van der Waals surface area contributed by atoms with Crippen LogP contribution in [0, 0.1) is 0 Å². The molecule has 1 heterocycles. The van der Waals surface area contributed by atoms with Crippen LogP contribution in [0.3, 0.4) is 0 Å². The molecule has 0 bridgehead atoms. The first kappa shape index (κ1) is 11.0. The summed E-state index contributed by atoms with van der Waals surface area (Å²) in [7, 11) is 0. The molecule has 2 N–H and O–H groups in total. The topological polar surface area (TPSA) is 66.0 Å². The first-order chi connectivity index (χ1) is 7.50. The normalized spacial score (nSPS) is 11.2. The van der Waals surface area contributed by atoms with Gasteiger partial charge in [-0.05, 0) is 22.0 Å². The van der Waals surface area contributed by atoms with E-state index in [9.17, 15) is 13.6 Å². The maximum absolute atomic E-state index is 12.6. The number of aromatic nitrogens is 2. The average molecular weight is 291 g/mol. The summed E-state index contributed by atoms with van der Waals surface area (Å²) in [5.74, 6) is -1.19. The summed E-state index contributed by atoms with van der Waals surface area (Å²) in [6, 6.07) is 2.21. The lowest BCUT2D eigenvalue weighted by molar-refractivity contribution is 0.0698. The standard InChI is InChI=1S/C9H5BrF2N2O2/c10-9-13-5-3(7(11)12)1-2-4(8(15)16)6(5)14-9/h1-2,7H,(H,13,14)(H,15,16). The van der Waals surface area contributed by atoms with Gasteiger partial charge in [0.25, 0.3) is 6.43 Å². The molecule has 16 heavy (non-hydrogen) atoms. The molecule has 7 heteroatoms. The fourth-order valence-electron chi connectivity index (χ4n) is 1.44. The molecule has 1 aromatic heterocycles. The summed E-state index contributed by atoms with van der Waals surface area (Å²) in [4.78, 5) is 17.2. The zero-order valence-corrected chi connectivity index (χ0v) is 9.25. The zero-order valence-electron chi connectivity index (χ0n) is 7.67. The van der Waals surface area contributed by atoms with E-state index in [-0.39, 0.29) is 26.9 Å². The molecule has 0 aliphatic carbocycles. The Hall–Kier alpha value is -1.50. The van der Waals surface area contributed by atoms with Crippen LogP contribution in [0.5, 0.6) is 0 Å². The van der Waals surface area contributed by atoms with Crippen LogP contribution >= 0.6 is 15.9 Å². The van der Waals surface area contributed by atoms with E-state index in [1.165, 1.54) is 0 Å². The number of carbonyl (C=O) groups is 1. The van der Waals surface area contributed by atoms with Crippen LogP contribution in [-0.2, 0) is 0 Å². The van der Waals surface area contributed by atoms with E-state index < -0.39 is 12.4 Å². The van der Waals surface area contributed by atoms with E-state index in [2.05, 4.69) is 25.9 Å². The third kappa shape index (κ3) is 1.67. The molecule has 0 saturated heterocycles. The minimum absolute atomic E-state index is 0.0261. The molecule has 0 unspecified atom stereocenters. The molecule has 2 rings (SSSR count). The molecule has 1 aromatic carbocycles. The number of carboxylic acids is 1. The molecular formula is C9H5BrF2N2O2. The Balaban J connectivity index is 2.81. The SMILES string of the molecule is O=C(O)c1ccc(C(F)F)c2nc(Br)[nH]c12. The lowest BCUT2D eigenvalue weighted by atomic mass is 10.1. The van der Waals surface area contributed by atoms with Crippen LogP contribution in [-0.4, -0.2) is 21.0 Å². The number of carboxylic acid groups (broad SMARTS) is 1. The third-order valence-corrected chi connectivity index (χ3v) is 2.49. The highest BCUT2D eigenvalue weighted by atomic mass is 79.9. The predicted octanol–water partition coefficient (Wildman–Crippen LogP) is 2.96. The van der Waals surface area contributed by atoms with Crippen molar-refractivity contribution in [1.82, 2.24) is 9.97 Å². The summed E-state index contributed by atoms with van der Waals surface area (Å²) in [6.45, 7) is 0. The number of aromatic amines is 1. The monoisotopic (exact) mass is 290 g/mol. The van der Waals surface area contributed by atoms with Crippen molar-refractivity contribution in [3.05, 3.63) is 28.0 Å². The Morgan fingerprint density at radius 3 is 2.75 bits per heavy atom.